The summed E-state index contributed by atoms with van der Waals surface area (Å²) < 4.78 is 4.85. The van der Waals surface area contributed by atoms with E-state index in [2.05, 4.69) is 5.32 Å². The Morgan fingerprint density at radius 1 is 1.62 bits per heavy atom. The Bertz CT molecular complexity index is 141. The quantitative estimate of drug-likeness (QED) is 0.439. The van der Waals surface area contributed by atoms with Crippen molar-refractivity contribution >= 4 is 5.91 Å². The first-order valence-electron chi connectivity index (χ1n) is 4.44. The third-order valence-electron chi connectivity index (χ3n) is 1.64. The predicted octanol–water partition coefficient (Wildman–Crippen LogP) is -1.18. The Morgan fingerprint density at radius 3 is 2.85 bits per heavy atom. The summed E-state index contributed by atoms with van der Waals surface area (Å²) in [6.45, 7) is 1.56. The SMILES string of the molecule is COCCCC(N)C(=O)NCCN. The topological polar surface area (TPSA) is 90.4 Å². The van der Waals surface area contributed by atoms with Crippen LogP contribution in [0.5, 0.6) is 0 Å². The van der Waals surface area contributed by atoms with E-state index in [0.717, 1.165) is 6.42 Å². The summed E-state index contributed by atoms with van der Waals surface area (Å²) in [4.78, 5) is 11.2. The molecule has 0 saturated heterocycles. The molecule has 78 valence electrons. The third kappa shape index (κ3) is 6.51. The maximum absolute atomic E-state index is 11.2. The number of rotatable bonds is 7. The number of nitrogens with one attached hydrogen (secondary N) is 1. The van der Waals surface area contributed by atoms with Gasteiger partial charge in [0, 0.05) is 26.8 Å². The molecular weight excluding hydrogens is 170 g/mol. The Morgan fingerprint density at radius 2 is 2.31 bits per heavy atom. The van der Waals surface area contributed by atoms with Gasteiger partial charge < -0.3 is 21.5 Å². The zero-order valence-electron chi connectivity index (χ0n) is 8.08. The molecule has 5 nitrogen and oxygen atoms in total. The van der Waals surface area contributed by atoms with Crippen LogP contribution in [0.2, 0.25) is 0 Å². The van der Waals surface area contributed by atoms with Crippen molar-refractivity contribution in [2.75, 3.05) is 26.8 Å². The number of ether oxygens (including phenoxy) is 1. The molecule has 1 atom stereocenters. The number of carbonyl (C=O) groups excluding carboxylic acids is 1. The average Bonchev–Trinajstić information content (AvgIpc) is 2.14. The Balaban J connectivity index is 3.45. The van der Waals surface area contributed by atoms with E-state index >= 15 is 0 Å². The molecule has 0 rings (SSSR count). The Labute approximate surface area is 78.8 Å². The van der Waals surface area contributed by atoms with Crippen LogP contribution in [-0.2, 0) is 9.53 Å². The lowest BCUT2D eigenvalue weighted by Gasteiger charge is -2.10. The minimum Gasteiger partial charge on any atom is -0.385 e. The molecule has 0 fully saturated rings. The molecule has 0 aliphatic carbocycles. The van der Waals surface area contributed by atoms with Crippen molar-refractivity contribution in [3.05, 3.63) is 0 Å². The summed E-state index contributed by atoms with van der Waals surface area (Å²) >= 11 is 0. The smallest absolute Gasteiger partial charge is 0.236 e. The van der Waals surface area contributed by atoms with Gasteiger partial charge in [0.1, 0.15) is 0 Å². The van der Waals surface area contributed by atoms with E-state index in [4.69, 9.17) is 16.2 Å². The summed E-state index contributed by atoms with van der Waals surface area (Å²) in [6, 6.07) is -0.443. The summed E-state index contributed by atoms with van der Waals surface area (Å²) in [5.74, 6) is -0.137. The van der Waals surface area contributed by atoms with Crippen molar-refractivity contribution in [2.24, 2.45) is 11.5 Å². The lowest BCUT2D eigenvalue weighted by molar-refractivity contribution is -0.122. The van der Waals surface area contributed by atoms with Gasteiger partial charge in [0.25, 0.3) is 0 Å². The second-order valence-electron chi connectivity index (χ2n) is 2.82. The summed E-state index contributed by atoms with van der Waals surface area (Å²) in [5.41, 5.74) is 10.8. The maximum Gasteiger partial charge on any atom is 0.236 e. The molecule has 5 N–H and O–H groups in total. The van der Waals surface area contributed by atoms with Gasteiger partial charge in [-0.1, -0.05) is 0 Å². The highest BCUT2D eigenvalue weighted by atomic mass is 16.5. The van der Waals surface area contributed by atoms with Gasteiger partial charge in [-0.15, -0.1) is 0 Å². The van der Waals surface area contributed by atoms with E-state index in [9.17, 15) is 4.79 Å². The molecule has 5 heteroatoms. The zero-order valence-corrected chi connectivity index (χ0v) is 8.08. The van der Waals surface area contributed by atoms with Crippen LogP contribution in [-0.4, -0.2) is 38.8 Å². The Hall–Kier alpha value is -0.650. The van der Waals surface area contributed by atoms with Gasteiger partial charge >= 0.3 is 0 Å². The van der Waals surface area contributed by atoms with Gasteiger partial charge in [0.2, 0.25) is 5.91 Å². The molecule has 0 spiro atoms. The molecular formula is C8H19N3O2. The fourth-order valence-corrected chi connectivity index (χ4v) is 0.905. The van der Waals surface area contributed by atoms with Crippen molar-refractivity contribution in [3.63, 3.8) is 0 Å². The van der Waals surface area contributed by atoms with Crippen LogP contribution in [0.3, 0.4) is 0 Å². The largest absolute Gasteiger partial charge is 0.385 e. The maximum atomic E-state index is 11.2. The molecule has 0 bridgehead atoms. The van der Waals surface area contributed by atoms with E-state index < -0.39 is 6.04 Å². The minimum absolute atomic E-state index is 0.137. The van der Waals surface area contributed by atoms with E-state index in [-0.39, 0.29) is 5.91 Å². The van der Waals surface area contributed by atoms with Crippen molar-refractivity contribution in [1.29, 1.82) is 0 Å². The standard InChI is InChI=1S/C8H19N3O2/c1-13-6-2-3-7(10)8(12)11-5-4-9/h7H,2-6,9-10H2,1H3,(H,11,12). The van der Waals surface area contributed by atoms with Gasteiger partial charge in [-0.05, 0) is 12.8 Å². The molecule has 0 aromatic heterocycles. The van der Waals surface area contributed by atoms with Gasteiger partial charge in [0.05, 0.1) is 6.04 Å². The van der Waals surface area contributed by atoms with E-state index in [0.29, 0.717) is 26.1 Å². The molecule has 0 radical (unpaired) electrons. The first-order valence-corrected chi connectivity index (χ1v) is 4.44. The molecule has 1 amide bonds. The molecule has 1 unspecified atom stereocenters. The molecule has 0 aromatic rings. The van der Waals surface area contributed by atoms with Gasteiger partial charge in [0.15, 0.2) is 0 Å². The van der Waals surface area contributed by atoms with Crippen molar-refractivity contribution in [1.82, 2.24) is 5.32 Å². The normalized spacial score (nSPS) is 12.5. The summed E-state index contributed by atoms with van der Waals surface area (Å²) in [5, 5.41) is 2.63. The monoisotopic (exact) mass is 189 g/mol. The highest BCUT2D eigenvalue weighted by Gasteiger charge is 2.11. The van der Waals surface area contributed by atoms with Gasteiger partial charge in [-0.3, -0.25) is 4.79 Å². The highest BCUT2D eigenvalue weighted by molar-refractivity contribution is 5.81. The first-order chi connectivity index (χ1) is 6.22. The van der Waals surface area contributed by atoms with E-state index in [1.54, 1.807) is 7.11 Å². The number of hydrogen-bond donors (Lipinski definition) is 3. The van der Waals surface area contributed by atoms with Crippen molar-refractivity contribution in [2.45, 2.75) is 18.9 Å². The van der Waals surface area contributed by atoms with Gasteiger partial charge in [-0.2, -0.15) is 0 Å². The molecule has 0 heterocycles. The molecule has 0 aromatic carbocycles. The summed E-state index contributed by atoms with van der Waals surface area (Å²) in [7, 11) is 1.63. The second-order valence-corrected chi connectivity index (χ2v) is 2.82. The van der Waals surface area contributed by atoms with Crippen LogP contribution < -0.4 is 16.8 Å². The lowest BCUT2D eigenvalue weighted by Crippen LogP contribution is -2.42. The van der Waals surface area contributed by atoms with Crippen LogP contribution >= 0.6 is 0 Å². The highest BCUT2D eigenvalue weighted by Crippen LogP contribution is 1.94. The second kappa shape index (κ2) is 7.97. The number of amides is 1. The van der Waals surface area contributed by atoms with Crippen LogP contribution in [0.25, 0.3) is 0 Å². The predicted molar refractivity (Wildman–Crippen MR) is 51.1 cm³/mol. The van der Waals surface area contributed by atoms with E-state index in [1.807, 2.05) is 0 Å². The Kier molecular flexibility index (Phi) is 7.57. The molecule has 0 saturated carbocycles. The molecule has 13 heavy (non-hydrogen) atoms. The van der Waals surface area contributed by atoms with Crippen molar-refractivity contribution < 1.29 is 9.53 Å². The zero-order chi connectivity index (χ0) is 10.1. The van der Waals surface area contributed by atoms with Crippen LogP contribution in [0.15, 0.2) is 0 Å². The van der Waals surface area contributed by atoms with Crippen LogP contribution in [0, 0.1) is 0 Å². The number of nitrogens with two attached hydrogens (primary N) is 2. The first kappa shape index (κ1) is 12.3. The van der Waals surface area contributed by atoms with Crippen LogP contribution in [0.4, 0.5) is 0 Å². The lowest BCUT2D eigenvalue weighted by atomic mass is 10.1. The summed E-state index contributed by atoms with van der Waals surface area (Å²) in [6.07, 6.45) is 1.44. The molecule has 0 aliphatic rings. The fourth-order valence-electron chi connectivity index (χ4n) is 0.905. The minimum atomic E-state index is -0.443. The number of carbonyl (C=O) groups is 1. The molecule has 0 aliphatic heterocycles. The number of hydrogen-bond acceptors (Lipinski definition) is 4. The van der Waals surface area contributed by atoms with Crippen LogP contribution in [0.1, 0.15) is 12.8 Å². The average molecular weight is 189 g/mol. The van der Waals surface area contributed by atoms with Crippen molar-refractivity contribution in [3.8, 4) is 0 Å². The number of methoxy groups -OCH3 is 1. The fraction of sp³-hybridized carbons (Fsp3) is 0.875. The third-order valence-corrected chi connectivity index (χ3v) is 1.64. The van der Waals surface area contributed by atoms with Gasteiger partial charge in [-0.25, -0.2) is 0 Å². The van der Waals surface area contributed by atoms with E-state index in [1.165, 1.54) is 0 Å².